The second-order valence-electron chi connectivity index (χ2n) is 2.95. The lowest BCUT2D eigenvalue weighted by molar-refractivity contribution is -0.122. The molecule has 0 aromatic rings. The Morgan fingerprint density at radius 1 is 1.23 bits per heavy atom. The summed E-state index contributed by atoms with van der Waals surface area (Å²) in [5.74, 6) is -0.128. The number of ketones is 1. The van der Waals surface area contributed by atoms with Gasteiger partial charge in [0.2, 0.25) is 5.91 Å². The molecular weight excluding hydrogens is 166 g/mol. The average molecular weight is 183 g/mol. The third-order valence-corrected chi connectivity index (χ3v) is 1.79. The predicted octanol–water partition coefficient (Wildman–Crippen LogP) is 1.44. The van der Waals surface area contributed by atoms with Gasteiger partial charge in [0, 0.05) is 12.5 Å². The maximum absolute atomic E-state index is 11.1. The van der Waals surface area contributed by atoms with Crippen molar-refractivity contribution >= 4 is 11.7 Å². The summed E-state index contributed by atoms with van der Waals surface area (Å²) in [6.07, 6.45) is 2.86. The summed E-state index contributed by atoms with van der Waals surface area (Å²) in [6.45, 7) is 5.79. The first kappa shape index (κ1) is 11.9. The third kappa shape index (κ3) is 6.08. The Hall–Kier alpha value is -1.12. The minimum atomic E-state index is -0.179. The molecule has 0 spiro atoms. The topological polar surface area (TPSA) is 46.2 Å². The van der Waals surface area contributed by atoms with Gasteiger partial charge in [-0.3, -0.25) is 9.59 Å². The fourth-order valence-electron chi connectivity index (χ4n) is 0.688. The van der Waals surface area contributed by atoms with Crippen molar-refractivity contribution in [2.45, 2.75) is 33.6 Å². The van der Waals surface area contributed by atoms with Crippen molar-refractivity contribution in [3.8, 4) is 0 Å². The lowest BCUT2D eigenvalue weighted by Crippen LogP contribution is -2.27. The summed E-state index contributed by atoms with van der Waals surface area (Å²) in [7, 11) is 0. The fourth-order valence-corrected chi connectivity index (χ4v) is 0.688. The van der Waals surface area contributed by atoms with Crippen molar-refractivity contribution in [1.29, 1.82) is 0 Å². The SMILES string of the molecule is CCC(=O)CNC(=O)/C=C(\C)CC. The van der Waals surface area contributed by atoms with Gasteiger partial charge in [0.05, 0.1) is 6.54 Å². The summed E-state index contributed by atoms with van der Waals surface area (Å²) < 4.78 is 0. The first-order valence-corrected chi connectivity index (χ1v) is 4.56. The van der Waals surface area contributed by atoms with Crippen molar-refractivity contribution in [1.82, 2.24) is 5.32 Å². The maximum Gasteiger partial charge on any atom is 0.244 e. The molecule has 3 nitrogen and oxygen atoms in total. The third-order valence-electron chi connectivity index (χ3n) is 1.79. The zero-order valence-electron chi connectivity index (χ0n) is 8.52. The van der Waals surface area contributed by atoms with E-state index >= 15 is 0 Å². The Morgan fingerprint density at radius 3 is 2.31 bits per heavy atom. The predicted molar refractivity (Wildman–Crippen MR) is 52.4 cm³/mol. The van der Waals surface area contributed by atoms with Gasteiger partial charge in [0.1, 0.15) is 0 Å². The highest BCUT2D eigenvalue weighted by Gasteiger charge is 2.00. The van der Waals surface area contributed by atoms with Crippen LogP contribution in [0.25, 0.3) is 0 Å². The first-order valence-electron chi connectivity index (χ1n) is 4.56. The van der Waals surface area contributed by atoms with Crippen LogP contribution in [0.1, 0.15) is 33.6 Å². The number of carbonyl (C=O) groups is 2. The van der Waals surface area contributed by atoms with Crippen LogP contribution in [-0.4, -0.2) is 18.2 Å². The molecule has 0 aliphatic rings. The molecule has 1 amide bonds. The van der Waals surface area contributed by atoms with Gasteiger partial charge in [0.25, 0.3) is 0 Å². The summed E-state index contributed by atoms with van der Waals surface area (Å²) in [4.78, 5) is 21.9. The Morgan fingerprint density at radius 2 is 1.85 bits per heavy atom. The monoisotopic (exact) mass is 183 g/mol. The van der Waals surface area contributed by atoms with E-state index in [0.717, 1.165) is 12.0 Å². The van der Waals surface area contributed by atoms with Gasteiger partial charge in [-0.1, -0.05) is 19.4 Å². The molecule has 0 atom stereocenters. The lowest BCUT2D eigenvalue weighted by atomic mass is 10.2. The molecule has 0 aromatic carbocycles. The van der Waals surface area contributed by atoms with Gasteiger partial charge in [0.15, 0.2) is 5.78 Å². The highest BCUT2D eigenvalue weighted by atomic mass is 16.2. The van der Waals surface area contributed by atoms with Gasteiger partial charge in [-0.15, -0.1) is 0 Å². The zero-order valence-corrected chi connectivity index (χ0v) is 8.52. The smallest absolute Gasteiger partial charge is 0.244 e. The highest BCUT2D eigenvalue weighted by Crippen LogP contribution is 1.96. The molecule has 0 aliphatic carbocycles. The molecule has 13 heavy (non-hydrogen) atoms. The summed E-state index contributed by atoms with van der Waals surface area (Å²) in [5.41, 5.74) is 1.02. The number of rotatable bonds is 5. The number of allylic oxidation sites excluding steroid dienone is 1. The number of carbonyl (C=O) groups excluding carboxylic acids is 2. The Balaban J connectivity index is 3.82. The first-order chi connectivity index (χ1) is 6.10. The molecular formula is C10H17NO2. The zero-order chi connectivity index (χ0) is 10.3. The second-order valence-corrected chi connectivity index (χ2v) is 2.95. The van der Waals surface area contributed by atoms with E-state index in [1.54, 1.807) is 6.92 Å². The largest absolute Gasteiger partial charge is 0.345 e. The Labute approximate surface area is 79.2 Å². The van der Waals surface area contributed by atoms with Crippen molar-refractivity contribution in [2.75, 3.05) is 6.54 Å². The molecule has 1 N–H and O–H groups in total. The minimum Gasteiger partial charge on any atom is -0.345 e. The van der Waals surface area contributed by atoms with E-state index in [9.17, 15) is 9.59 Å². The Bertz CT molecular complexity index is 219. The van der Waals surface area contributed by atoms with Crippen LogP contribution in [0, 0.1) is 0 Å². The van der Waals surface area contributed by atoms with Crippen LogP contribution >= 0.6 is 0 Å². The van der Waals surface area contributed by atoms with Crippen LogP contribution in [0.15, 0.2) is 11.6 Å². The van der Waals surface area contributed by atoms with Crippen LogP contribution < -0.4 is 5.32 Å². The van der Waals surface area contributed by atoms with E-state index in [1.165, 1.54) is 6.08 Å². The van der Waals surface area contributed by atoms with Crippen molar-refractivity contribution < 1.29 is 9.59 Å². The maximum atomic E-state index is 11.1. The van der Waals surface area contributed by atoms with Crippen LogP contribution in [0.3, 0.4) is 0 Å². The molecule has 0 bridgehead atoms. The molecule has 0 heterocycles. The number of amides is 1. The van der Waals surface area contributed by atoms with E-state index in [-0.39, 0.29) is 18.2 Å². The molecule has 0 radical (unpaired) electrons. The Kier molecular flexibility index (Phi) is 5.85. The van der Waals surface area contributed by atoms with Crippen LogP contribution in [0.2, 0.25) is 0 Å². The van der Waals surface area contributed by atoms with Gasteiger partial charge >= 0.3 is 0 Å². The van der Waals surface area contributed by atoms with Gasteiger partial charge in [-0.2, -0.15) is 0 Å². The van der Waals surface area contributed by atoms with E-state index in [1.807, 2.05) is 13.8 Å². The van der Waals surface area contributed by atoms with Crippen molar-refractivity contribution in [2.24, 2.45) is 0 Å². The van der Waals surface area contributed by atoms with E-state index in [0.29, 0.717) is 6.42 Å². The second kappa shape index (κ2) is 6.40. The van der Waals surface area contributed by atoms with Crippen LogP contribution in [0.5, 0.6) is 0 Å². The van der Waals surface area contributed by atoms with Crippen molar-refractivity contribution in [3.63, 3.8) is 0 Å². The van der Waals surface area contributed by atoms with Crippen LogP contribution in [-0.2, 0) is 9.59 Å². The number of hydrogen-bond acceptors (Lipinski definition) is 2. The molecule has 0 fully saturated rings. The number of hydrogen-bond donors (Lipinski definition) is 1. The van der Waals surface area contributed by atoms with Gasteiger partial charge in [-0.05, 0) is 13.3 Å². The standard InChI is InChI=1S/C10H17NO2/c1-4-8(3)6-10(13)11-7-9(12)5-2/h6H,4-5,7H2,1-3H3,(H,11,13)/b8-6+. The lowest BCUT2D eigenvalue weighted by Gasteiger charge is -2.00. The number of Topliss-reactive ketones (excluding diaryl/α,β-unsaturated/α-hetero) is 1. The molecule has 0 saturated heterocycles. The fraction of sp³-hybridized carbons (Fsp3) is 0.600. The van der Waals surface area contributed by atoms with E-state index < -0.39 is 0 Å². The molecule has 0 rings (SSSR count). The molecule has 0 unspecified atom stereocenters. The summed E-state index contributed by atoms with van der Waals surface area (Å²) >= 11 is 0. The number of nitrogens with one attached hydrogen (secondary N) is 1. The molecule has 0 aromatic heterocycles. The quantitative estimate of drug-likeness (QED) is 0.655. The molecule has 0 aliphatic heterocycles. The highest BCUT2D eigenvalue weighted by molar-refractivity contribution is 5.92. The summed E-state index contributed by atoms with van der Waals surface area (Å²) in [6, 6.07) is 0. The van der Waals surface area contributed by atoms with E-state index in [4.69, 9.17) is 0 Å². The van der Waals surface area contributed by atoms with E-state index in [2.05, 4.69) is 5.32 Å². The molecule has 74 valence electrons. The normalized spacial score (nSPS) is 11.2. The van der Waals surface area contributed by atoms with Crippen LogP contribution in [0.4, 0.5) is 0 Å². The van der Waals surface area contributed by atoms with Gasteiger partial charge < -0.3 is 5.32 Å². The van der Waals surface area contributed by atoms with Crippen molar-refractivity contribution in [3.05, 3.63) is 11.6 Å². The summed E-state index contributed by atoms with van der Waals surface area (Å²) in [5, 5.41) is 2.53. The molecule has 0 saturated carbocycles. The average Bonchev–Trinajstić information content (AvgIpc) is 2.13. The van der Waals surface area contributed by atoms with Gasteiger partial charge in [-0.25, -0.2) is 0 Å². The minimum absolute atomic E-state index is 0.0518. The molecule has 3 heteroatoms.